The number of benzene rings is 1. The molecule has 27 heavy (non-hydrogen) atoms. The number of anilines is 1. The van der Waals surface area contributed by atoms with E-state index >= 15 is 0 Å². The lowest BCUT2D eigenvalue weighted by molar-refractivity contribution is 0.0602. The van der Waals surface area contributed by atoms with Gasteiger partial charge in [0.2, 0.25) is 0 Å². The maximum absolute atomic E-state index is 12.7. The minimum atomic E-state index is -3.98. The first-order chi connectivity index (χ1) is 13.0. The van der Waals surface area contributed by atoms with E-state index in [-0.39, 0.29) is 15.5 Å². The van der Waals surface area contributed by atoms with Crippen molar-refractivity contribution in [3.05, 3.63) is 59.0 Å². The lowest BCUT2D eigenvalue weighted by atomic mass is 10.3. The predicted octanol–water partition coefficient (Wildman–Crippen LogP) is 2.61. The van der Waals surface area contributed by atoms with E-state index in [4.69, 9.17) is 4.74 Å². The predicted molar refractivity (Wildman–Crippen MR) is 101 cm³/mol. The van der Waals surface area contributed by atoms with Crippen LogP contribution in [0.4, 0.5) is 5.69 Å². The minimum Gasteiger partial charge on any atom is -0.489 e. The smallest absolute Gasteiger partial charge is 0.349 e. The Morgan fingerprint density at radius 2 is 2.07 bits per heavy atom. The van der Waals surface area contributed by atoms with Crippen LogP contribution in [0.5, 0.6) is 5.75 Å². The van der Waals surface area contributed by atoms with Crippen molar-refractivity contribution in [3.63, 3.8) is 0 Å². The highest BCUT2D eigenvalue weighted by atomic mass is 32.2. The molecule has 0 atom stereocenters. The molecule has 0 aliphatic heterocycles. The first-order valence-electron chi connectivity index (χ1n) is 7.89. The molecule has 142 valence electrons. The lowest BCUT2D eigenvalue weighted by Gasteiger charge is -2.13. The third-order valence-corrected chi connectivity index (χ3v) is 5.99. The maximum atomic E-state index is 12.7. The van der Waals surface area contributed by atoms with Gasteiger partial charge in [-0.25, -0.2) is 13.2 Å². The summed E-state index contributed by atoms with van der Waals surface area (Å²) in [7, 11) is -2.78. The Labute approximate surface area is 160 Å². The fourth-order valence-corrected chi connectivity index (χ4v) is 4.72. The van der Waals surface area contributed by atoms with Crippen molar-refractivity contribution in [2.24, 2.45) is 0 Å². The van der Waals surface area contributed by atoms with Crippen LogP contribution in [0.2, 0.25) is 0 Å². The Morgan fingerprint density at radius 1 is 1.26 bits per heavy atom. The molecule has 1 aromatic carbocycles. The van der Waals surface area contributed by atoms with Gasteiger partial charge in [-0.15, -0.1) is 11.3 Å². The Kier molecular flexibility index (Phi) is 5.77. The van der Waals surface area contributed by atoms with Gasteiger partial charge in [0.15, 0.2) is 0 Å². The molecule has 0 fully saturated rings. The van der Waals surface area contributed by atoms with E-state index in [2.05, 4.69) is 14.6 Å². The molecule has 3 aromatic rings. The number of hydrogen-bond donors (Lipinski definition) is 1. The second-order valence-electron chi connectivity index (χ2n) is 5.32. The molecule has 3 rings (SSSR count). The molecule has 0 radical (unpaired) electrons. The Balaban J connectivity index is 1.77. The van der Waals surface area contributed by atoms with Crippen LogP contribution in [0.1, 0.15) is 9.67 Å². The van der Waals surface area contributed by atoms with Gasteiger partial charge in [-0.1, -0.05) is 12.1 Å². The van der Waals surface area contributed by atoms with Crippen molar-refractivity contribution in [1.82, 2.24) is 9.78 Å². The molecule has 0 aliphatic rings. The van der Waals surface area contributed by atoms with Gasteiger partial charge >= 0.3 is 5.97 Å². The zero-order valence-electron chi connectivity index (χ0n) is 14.4. The van der Waals surface area contributed by atoms with Crippen LogP contribution in [-0.2, 0) is 21.3 Å². The zero-order chi connectivity index (χ0) is 19.3. The van der Waals surface area contributed by atoms with Gasteiger partial charge in [0, 0.05) is 12.4 Å². The molecular weight excluding hydrogens is 390 g/mol. The summed E-state index contributed by atoms with van der Waals surface area (Å²) in [6.07, 6.45) is 3.48. The van der Waals surface area contributed by atoms with Gasteiger partial charge in [-0.05, 0) is 29.6 Å². The number of carbonyl (C=O) groups is 1. The van der Waals surface area contributed by atoms with Gasteiger partial charge in [0.05, 0.1) is 19.3 Å². The molecule has 0 spiro atoms. The number of thiophene rings is 1. The molecular formula is C17H17N3O5S2. The number of carbonyl (C=O) groups excluding carboxylic acids is 1. The Bertz CT molecular complexity index is 1010. The highest BCUT2D eigenvalue weighted by Crippen LogP contribution is 2.29. The number of rotatable bonds is 8. The first kappa shape index (κ1) is 18.9. The molecule has 10 heteroatoms. The van der Waals surface area contributed by atoms with Crippen molar-refractivity contribution in [2.75, 3.05) is 18.4 Å². The highest BCUT2D eigenvalue weighted by molar-refractivity contribution is 7.93. The Morgan fingerprint density at radius 3 is 2.81 bits per heavy atom. The summed E-state index contributed by atoms with van der Waals surface area (Å²) >= 11 is 1.00. The third-order valence-electron chi connectivity index (χ3n) is 3.56. The number of nitrogens with zero attached hydrogens (tertiary/aromatic N) is 2. The van der Waals surface area contributed by atoms with Crippen molar-refractivity contribution < 1.29 is 22.7 Å². The molecule has 0 bridgehead atoms. The summed E-state index contributed by atoms with van der Waals surface area (Å²) in [5.74, 6) is -0.322. The molecule has 2 aromatic heterocycles. The summed E-state index contributed by atoms with van der Waals surface area (Å²) in [6.45, 7) is 0.831. The van der Waals surface area contributed by atoms with Gasteiger partial charge in [-0.3, -0.25) is 9.40 Å². The SMILES string of the molecule is COC(=O)c1sccc1S(=O)(=O)Nc1ccccc1OCCn1cccn1. The fourth-order valence-electron chi connectivity index (χ4n) is 2.31. The van der Waals surface area contributed by atoms with Gasteiger partial charge < -0.3 is 9.47 Å². The van der Waals surface area contributed by atoms with Crippen LogP contribution in [0.25, 0.3) is 0 Å². The number of esters is 1. The van der Waals surface area contributed by atoms with Gasteiger partial charge in [0.1, 0.15) is 22.1 Å². The van der Waals surface area contributed by atoms with Crippen LogP contribution in [-0.4, -0.2) is 37.9 Å². The van der Waals surface area contributed by atoms with Crippen LogP contribution in [0.15, 0.2) is 59.1 Å². The van der Waals surface area contributed by atoms with Crippen LogP contribution < -0.4 is 9.46 Å². The van der Waals surface area contributed by atoms with E-state index in [1.165, 1.54) is 18.6 Å². The van der Waals surface area contributed by atoms with Gasteiger partial charge in [-0.2, -0.15) is 5.10 Å². The van der Waals surface area contributed by atoms with Crippen molar-refractivity contribution >= 4 is 33.0 Å². The second kappa shape index (κ2) is 8.23. The first-order valence-corrected chi connectivity index (χ1v) is 10.3. The van der Waals surface area contributed by atoms with Crippen molar-refractivity contribution in [2.45, 2.75) is 11.4 Å². The topological polar surface area (TPSA) is 99.5 Å². The molecule has 2 heterocycles. The summed E-state index contributed by atoms with van der Waals surface area (Å²) in [4.78, 5) is 11.7. The Hall–Kier alpha value is -2.85. The zero-order valence-corrected chi connectivity index (χ0v) is 16.0. The standard InChI is InChI=1S/C17H17N3O5S2/c1-24-17(21)16-15(7-12-26-16)27(22,23)19-13-5-2-3-6-14(13)25-11-10-20-9-4-8-18-20/h2-9,12,19H,10-11H2,1H3. The molecule has 1 N–H and O–H groups in total. The number of ether oxygens (including phenoxy) is 2. The number of nitrogens with one attached hydrogen (secondary N) is 1. The number of hydrogen-bond acceptors (Lipinski definition) is 7. The molecule has 0 saturated carbocycles. The quantitative estimate of drug-likeness (QED) is 0.576. The van der Waals surface area contributed by atoms with E-state index in [0.29, 0.717) is 18.9 Å². The molecule has 0 amide bonds. The number of methoxy groups -OCH3 is 1. The number of aromatic nitrogens is 2. The fraction of sp³-hybridized carbons (Fsp3) is 0.176. The average molecular weight is 407 g/mol. The van der Waals surface area contributed by atoms with Crippen molar-refractivity contribution in [1.29, 1.82) is 0 Å². The van der Waals surface area contributed by atoms with E-state index in [1.54, 1.807) is 35.1 Å². The van der Waals surface area contributed by atoms with E-state index in [0.717, 1.165) is 11.3 Å². The molecule has 0 aliphatic carbocycles. The van der Waals surface area contributed by atoms with E-state index in [1.807, 2.05) is 12.3 Å². The summed E-state index contributed by atoms with van der Waals surface area (Å²) in [5.41, 5.74) is 0.278. The van der Waals surface area contributed by atoms with Crippen LogP contribution >= 0.6 is 11.3 Å². The van der Waals surface area contributed by atoms with Crippen LogP contribution in [0, 0.1) is 0 Å². The lowest BCUT2D eigenvalue weighted by Crippen LogP contribution is -2.17. The minimum absolute atomic E-state index is 0.0158. The molecule has 8 nitrogen and oxygen atoms in total. The molecule has 0 unspecified atom stereocenters. The largest absolute Gasteiger partial charge is 0.489 e. The summed E-state index contributed by atoms with van der Waals surface area (Å²) in [6, 6.07) is 9.85. The number of para-hydroxylation sites is 2. The van der Waals surface area contributed by atoms with Crippen molar-refractivity contribution in [3.8, 4) is 5.75 Å². The summed E-state index contributed by atoms with van der Waals surface area (Å²) < 4.78 is 40.0. The number of sulfonamides is 1. The monoisotopic (exact) mass is 407 g/mol. The highest BCUT2D eigenvalue weighted by Gasteiger charge is 2.25. The van der Waals surface area contributed by atoms with E-state index < -0.39 is 16.0 Å². The maximum Gasteiger partial charge on any atom is 0.349 e. The van der Waals surface area contributed by atoms with E-state index in [9.17, 15) is 13.2 Å². The normalized spacial score (nSPS) is 11.1. The third kappa shape index (κ3) is 4.47. The second-order valence-corrected chi connectivity index (χ2v) is 7.89. The molecule has 0 saturated heterocycles. The van der Waals surface area contributed by atoms with Gasteiger partial charge in [0.25, 0.3) is 10.0 Å². The van der Waals surface area contributed by atoms with Crippen LogP contribution in [0.3, 0.4) is 0 Å². The average Bonchev–Trinajstić information content (AvgIpc) is 3.34. The summed E-state index contributed by atoms with van der Waals surface area (Å²) in [5, 5.41) is 5.60.